The number of carbonyl (C=O) groups excluding carboxylic acids is 1. The largest absolute Gasteiger partial charge is 0.492 e. The molecule has 630 valence electrons. The van der Waals surface area contributed by atoms with Gasteiger partial charge < -0.3 is 26.0 Å². The van der Waals surface area contributed by atoms with Gasteiger partial charge in [-0.05, 0) is 207 Å². The van der Waals surface area contributed by atoms with Gasteiger partial charge in [0, 0.05) is 49.7 Å². The predicted molar refractivity (Wildman–Crippen MR) is 495 cm³/mol. The minimum absolute atomic E-state index is 0.114. The number of anilines is 1. The molecule has 3 aliphatic carbocycles. The van der Waals surface area contributed by atoms with Crippen molar-refractivity contribution in [1.82, 2.24) is 20.7 Å². The van der Waals surface area contributed by atoms with Crippen molar-refractivity contribution >= 4 is 21.6 Å². The Morgan fingerprint density at radius 3 is 1.19 bits per heavy atom. The standard InChI is InChI=1S/C12H14.C10H11N.C10H13N.C10H12.C9H9NO.C9H11NO.C8H9NO2S.7C5H12/c1-2-6-11-10(4-1)5-3-7-12(11)8-9-12;1-8-6-7-9-4-2-3-5-10(9)11-8;1-2-5-10-8-11-7-3-6-9(10)4-1;1-2-6-10-8-4-3-7-9(10)5-1;11-9-5-7-3-1-2-4-8(7)6-10-9;1-2-4-9-8(3-1)7-10-5-6-11-9;10-12(11)6-8-4-2-1-3-7(8)5-9-12;7*1-5(2,3)4/h1-2,4,6H,3,5,7-9H2;2-5,11H,1,6-7H2;1-2,4-5,11H,3,6-8H2;1-2,5-6H,3-4,7-8H2;1-4H,5-6H2,(H,10,11);1-4,10H,5-7H2;1-4,9H,5-6H2;7*1-4H3. The van der Waals surface area contributed by atoms with Crippen LogP contribution in [-0.2, 0) is 90.7 Å². The fourth-order valence-corrected chi connectivity index (χ4v) is 12.4. The van der Waals surface area contributed by atoms with Gasteiger partial charge in [-0.1, -0.05) is 358 Å². The average Bonchev–Trinajstić information content (AvgIpc) is 1.60. The molecule has 5 heterocycles. The lowest BCUT2D eigenvalue weighted by molar-refractivity contribution is -0.121. The van der Waals surface area contributed by atoms with Crippen LogP contribution in [0.15, 0.2) is 182 Å². The first-order chi connectivity index (χ1) is 52.2. The number of benzene rings is 7. The molecule has 1 saturated carbocycles. The number of amides is 1. The number of sulfonamides is 1. The van der Waals surface area contributed by atoms with Gasteiger partial charge in [-0.25, -0.2) is 13.1 Å². The van der Waals surface area contributed by atoms with E-state index in [4.69, 9.17) is 4.74 Å². The summed E-state index contributed by atoms with van der Waals surface area (Å²) in [6.07, 6.45) is 17.7. The number of aryl methyl sites for hydroxylation is 5. The summed E-state index contributed by atoms with van der Waals surface area (Å²) in [6.45, 7) is 71.1. The molecule has 113 heavy (non-hydrogen) atoms. The Morgan fingerprint density at radius 1 is 0.345 bits per heavy atom. The van der Waals surface area contributed by atoms with Gasteiger partial charge in [0.1, 0.15) is 12.4 Å². The third kappa shape index (κ3) is 57.0. The number of nitrogens with one attached hydrogen (secondary N) is 5. The number of ether oxygens (including phenoxy) is 1. The molecule has 7 aromatic rings. The monoisotopic (exact) mass is 1570 g/mol. The van der Waals surface area contributed by atoms with Crippen LogP contribution in [0.1, 0.15) is 312 Å². The van der Waals surface area contributed by atoms with Crippen LogP contribution < -0.4 is 30.7 Å². The smallest absolute Gasteiger partial charge is 0.224 e. The minimum atomic E-state index is -3.05. The van der Waals surface area contributed by atoms with Gasteiger partial charge >= 0.3 is 0 Å². The first-order valence-electron chi connectivity index (χ1n) is 42.4. The highest BCUT2D eigenvalue weighted by molar-refractivity contribution is 7.88. The van der Waals surface area contributed by atoms with Gasteiger partial charge in [-0.2, -0.15) is 0 Å². The van der Waals surface area contributed by atoms with Crippen molar-refractivity contribution in [2.24, 2.45) is 37.9 Å². The molecule has 1 amide bonds. The molecule has 0 unspecified atom stereocenters. The Labute approximate surface area is 694 Å². The second-order valence-corrected chi connectivity index (χ2v) is 44.2. The summed E-state index contributed by atoms with van der Waals surface area (Å²) in [7, 11) is -3.05. The van der Waals surface area contributed by atoms with Crippen molar-refractivity contribution in [2.75, 3.05) is 25.0 Å². The summed E-state index contributed by atoms with van der Waals surface area (Å²) in [6, 6.07) is 58.7. The number of rotatable bonds is 0. The first-order valence-corrected chi connectivity index (χ1v) is 44.1. The molecule has 1 fully saturated rings. The van der Waals surface area contributed by atoms with Gasteiger partial charge in [0.25, 0.3) is 0 Å². The van der Waals surface area contributed by atoms with Crippen molar-refractivity contribution in [1.29, 1.82) is 0 Å². The van der Waals surface area contributed by atoms with Crippen molar-refractivity contribution < 1.29 is 17.9 Å². The van der Waals surface area contributed by atoms with Crippen molar-refractivity contribution in [3.05, 3.63) is 249 Å². The van der Waals surface area contributed by atoms with E-state index < -0.39 is 10.0 Å². The SMILES string of the molecule is C=C1CCc2ccccc2N1.CC(C)(C)C.CC(C)(C)C.CC(C)(C)C.CC(C)(C)C.CC(C)(C)C.CC(C)(C)C.CC(C)(C)C.O=C1Cc2ccccc2CN1.O=S1(=O)Cc2ccccc2CN1.c1ccc2c(c1)CCCC2.c1ccc2c(c1)CCCC21CC1.c1ccc2c(c1)CCCNC2.c1ccc2c(c1)CNCCO2. The summed E-state index contributed by atoms with van der Waals surface area (Å²) in [5.41, 5.74) is 23.0. The Kier molecular flexibility index (Phi) is 45.2. The van der Waals surface area contributed by atoms with E-state index in [1.165, 1.54) is 104 Å². The highest BCUT2D eigenvalue weighted by Crippen LogP contribution is 2.55. The highest BCUT2D eigenvalue weighted by atomic mass is 32.2. The fourth-order valence-electron chi connectivity index (χ4n) is 11.2. The normalized spacial score (nSPS) is 16.1. The van der Waals surface area contributed by atoms with E-state index in [-0.39, 0.29) is 11.7 Å². The second-order valence-electron chi connectivity index (χ2n) is 42.4. The number of hydrogen-bond donors (Lipinski definition) is 5. The maximum Gasteiger partial charge on any atom is 0.224 e. The second kappa shape index (κ2) is 49.9. The fraction of sp³-hybridized carbons (Fsp3) is 0.563. The first kappa shape index (κ1) is 102. The van der Waals surface area contributed by atoms with Crippen LogP contribution in [0.25, 0.3) is 0 Å². The molecule has 15 rings (SSSR count). The third-order valence-electron chi connectivity index (χ3n) is 15.8. The number of fused-ring (bicyclic) bond motifs is 8. The van der Waals surface area contributed by atoms with E-state index in [1.54, 1.807) is 22.3 Å². The molecule has 5 aliphatic heterocycles. The molecule has 5 N–H and O–H groups in total. The number of hydrogen-bond acceptors (Lipinski definition) is 7. The molecule has 8 aliphatic rings. The van der Waals surface area contributed by atoms with Gasteiger partial charge in [0.2, 0.25) is 15.9 Å². The van der Waals surface area contributed by atoms with Crippen molar-refractivity contribution in [3.63, 3.8) is 0 Å². The van der Waals surface area contributed by atoms with E-state index in [9.17, 15) is 13.2 Å². The average molecular weight is 1570 g/mol. The maximum absolute atomic E-state index is 11.1. The summed E-state index contributed by atoms with van der Waals surface area (Å²) in [4.78, 5) is 10.9. The van der Waals surface area contributed by atoms with Crippen LogP contribution in [0.3, 0.4) is 0 Å². The quantitative estimate of drug-likeness (QED) is 0.103. The summed E-state index contributed by atoms with van der Waals surface area (Å²) < 4.78 is 30.2. The zero-order chi connectivity index (χ0) is 85.3. The molecule has 7 aromatic carbocycles. The lowest BCUT2D eigenvalue weighted by atomic mass is 9.80. The van der Waals surface area contributed by atoms with E-state index in [0.717, 1.165) is 73.8 Å². The zero-order valence-electron chi connectivity index (χ0n) is 77.0. The number of allylic oxidation sites excluding steroid dienone is 1. The van der Waals surface area contributed by atoms with Crippen LogP contribution in [0, 0.1) is 37.9 Å². The summed E-state index contributed by atoms with van der Waals surface area (Å²) in [5, 5.41) is 12.7. The molecule has 0 saturated heterocycles. The van der Waals surface area contributed by atoms with Crippen molar-refractivity contribution in [3.8, 4) is 5.75 Å². The predicted octanol–water partition coefficient (Wildman–Crippen LogP) is 26.9. The Bertz CT molecular complexity index is 3570. The van der Waals surface area contributed by atoms with Gasteiger partial charge in [-0.15, -0.1) is 0 Å². The summed E-state index contributed by atoms with van der Waals surface area (Å²) in [5.74, 6) is 1.27. The molecule has 0 bridgehead atoms. The van der Waals surface area contributed by atoms with E-state index in [0.29, 0.717) is 62.8 Å². The molecule has 1 spiro atoms. The third-order valence-corrected chi connectivity index (χ3v) is 17.1. The Hall–Kier alpha value is -6.82. The number of para-hydroxylation sites is 2. The van der Waals surface area contributed by atoms with E-state index in [1.807, 2.05) is 66.7 Å². The minimum Gasteiger partial charge on any atom is -0.492 e. The maximum atomic E-state index is 11.1. The van der Waals surface area contributed by atoms with E-state index in [2.05, 4.69) is 330 Å². The summed E-state index contributed by atoms with van der Waals surface area (Å²) >= 11 is 0. The Morgan fingerprint density at radius 2 is 0.699 bits per heavy atom. The van der Waals surface area contributed by atoms with Crippen LogP contribution in [0.2, 0.25) is 0 Å². The van der Waals surface area contributed by atoms with Crippen molar-refractivity contribution in [2.45, 2.75) is 321 Å². The molecule has 0 radical (unpaired) electrons. The Balaban J connectivity index is 0.000000420. The van der Waals surface area contributed by atoms with Crippen LogP contribution in [-0.4, -0.2) is 34.0 Å². The van der Waals surface area contributed by atoms with Crippen LogP contribution in [0.5, 0.6) is 5.75 Å². The number of carbonyl (C=O) groups is 1. The van der Waals surface area contributed by atoms with Gasteiger partial charge in [-0.3, -0.25) is 4.79 Å². The van der Waals surface area contributed by atoms with Gasteiger partial charge in [0.05, 0.1) is 12.2 Å². The lowest BCUT2D eigenvalue weighted by Crippen LogP contribution is -2.29. The molecular formula is C103H163N5O4S. The molecule has 10 heteroatoms. The molecule has 0 aromatic heterocycles. The zero-order valence-corrected chi connectivity index (χ0v) is 77.8. The van der Waals surface area contributed by atoms with Crippen LogP contribution >= 0.6 is 0 Å². The molecular weight excluding hydrogens is 1400 g/mol. The lowest BCUT2D eigenvalue weighted by Gasteiger charge is -2.24. The molecule has 0 atom stereocenters. The van der Waals surface area contributed by atoms with Gasteiger partial charge in [0.15, 0.2) is 0 Å². The highest BCUT2D eigenvalue weighted by Gasteiger charge is 2.46. The molecule has 9 nitrogen and oxygen atoms in total. The topological polar surface area (TPSA) is 121 Å². The van der Waals surface area contributed by atoms with E-state index >= 15 is 0 Å². The van der Waals surface area contributed by atoms with Crippen LogP contribution in [0.4, 0.5) is 5.69 Å².